The van der Waals surface area contributed by atoms with Gasteiger partial charge in [0.25, 0.3) is 0 Å². The highest BCUT2D eigenvalue weighted by Crippen LogP contribution is 2.40. The van der Waals surface area contributed by atoms with E-state index in [4.69, 9.17) is 0 Å². The molecule has 0 unspecified atom stereocenters. The van der Waals surface area contributed by atoms with Gasteiger partial charge in [0.05, 0.1) is 0 Å². The zero-order valence-electron chi connectivity index (χ0n) is 9.03. The number of halogens is 1. The second kappa shape index (κ2) is 3.17. The van der Waals surface area contributed by atoms with Crippen LogP contribution >= 0.6 is 11.3 Å². The molecule has 0 atom stereocenters. The molecule has 0 saturated carbocycles. The summed E-state index contributed by atoms with van der Waals surface area (Å²) < 4.78 is 14.5. The fourth-order valence-electron chi connectivity index (χ4n) is 2.63. The maximum Gasteiger partial charge on any atom is 0.123 e. The average molecular weight is 240 g/mol. The zero-order chi connectivity index (χ0) is 11.4. The van der Waals surface area contributed by atoms with Gasteiger partial charge in [0, 0.05) is 4.70 Å². The third kappa shape index (κ3) is 1.28. The predicted octanol–water partition coefficient (Wildman–Crippen LogP) is 4.61. The molecule has 3 aromatic rings. The lowest BCUT2D eigenvalue weighted by Crippen LogP contribution is -1.81. The summed E-state index contributed by atoms with van der Waals surface area (Å²) in [4.78, 5) is 0. The Morgan fingerprint density at radius 3 is 2.76 bits per heavy atom. The van der Waals surface area contributed by atoms with Gasteiger partial charge in [0.1, 0.15) is 5.82 Å². The normalized spacial score (nSPS) is 12.8. The van der Waals surface area contributed by atoms with Crippen molar-refractivity contribution in [2.75, 3.05) is 0 Å². The van der Waals surface area contributed by atoms with E-state index in [2.05, 4.69) is 23.6 Å². The molecule has 17 heavy (non-hydrogen) atoms. The SMILES string of the molecule is Fc1ccc2c(c1)Cc1cc3ccsc3cc1-2. The Morgan fingerprint density at radius 2 is 1.82 bits per heavy atom. The summed E-state index contributed by atoms with van der Waals surface area (Å²) in [6.45, 7) is 0. The van der Waals surface area contributed by atoms with Gasteiger partial charge in [-0.05, 0) is 69.8 Å². The van der Waals surface area contributed by atoms with E-state index in [9.17, 15) is 4.39 Å². The summed E-state index contributed by atoms with van der Waals surface area (Å²) in [6.07, 6.45) is 0.855. The minimum absolute atomic E-state index is 0.140. The van der Waals surface area contributed by atoms with Crippen LogP contribution in [-0.2, 0) is 6.42 Å². The Labute approximate surface area is 102 Å². The highest BCUT2D eigenvalue weighted by molar-refractivity contribution is 7.17. The second-order valence-corrected chi connectivity index (χ2v) is 5.39. The lowest BCUT2D eigenvalue weighted by atomic mass is 10.0. The van der Waals surface area contributed by atoms with Crippen molar-refractivity contribution in [3.8, 4) is 11.1 Å². The Kier molecular flexibility index (Phi) is 1.75. The van der Waals surface area contributed by atoms with Crippen LogP contribution in [0.1, 0.15) is 11.1 Å². The first kappa shape index (κ1) is 9.37. The smallest absolute Gasteiger partial charge is 0.123 e. The van der Waals surface area contributed by atoms with E-state index in [1.54, 1.807) is 23.5 Å². The molecule has 4 rings (SSSR count). The maximum absolute atomic E-state index is 13.2. The van der Waals surface area contributed by atoms with E-state index < -0.39 is 0 Å². The molecule has 1 aliphatic carbocycles. The molecular formula is C15H9FS. The molecule has 0 radical (unpaired) electrons. The molecule has 0 amide bonds. The molecule has 1 aliphatic rings. The summed E-state index contributed by atoms with van der Waals surface area (Å²) >= 11 is 1.76. The van der Waals surface area contributed by atoms with E-state index in [1.165, 1.54) is 26.8 Å². The quantitative estimate of drug-likeness (QED) is 0.421. The number of benzene rings is 2. The van der Waals surface area contributed by atoms with Gasteiger partial charge in [-0.15, -0.1) is 11.3 Å². The van der Waals surface area contributed by atoms with E-state index in [0.717, 1.165) is 12.0 Å². The van der Waals surface area contributed by atoms with Crippen LogP contribution in [0.25, 0.3) is 21.2 Å². The van der Waals surface area contributed by atoms with Crippen molar-refractivity contribution in [1.29, 1.82) is 0 Å². The minimum atomic E-state index is -0.140. The minimum Gasteiger partial charge on any atom is -0.207 e. The monoisotopic (exact) mass is 240 g/mol. The van der Waals surface area contributed by atoms with Gasteiger partial charge in [-0.1, -0.05) is 6.07 Å². The summed E-state index contributed by atoms with van der Waals surface area (Å²) in [7, 11) is 0. The fraction of sp³-hybridized carbons (Fsp3) is 0.0667. The molecule has 0 aliphatic heterocycles. The van der Waals surface area contributed by atoms with Crippen LogP contribution < -0.4 is 0 Å². The molecule has 2 aromatic carbocycles. The van der Waals surface area contributed by atoms with E-state index in [-0.39, 0.29) is 5.82 Å². The van der Waals surface area contributed by atoms with Gasteiger partial charge in [0.2, 0.25) is 0 Å². The van der Waals surface area contributed by atoms with Crippen LogP contribution in [0.2, 0.25) is 0 Å². The molecule has 1 heterocycles. The lowest BCUT2D eigenvalue weighted by molar-refractivity contribution is 0.626. The molecule has 0 N–H and O–H groups in total. The van der Waals surface area contributed by atoms with Crippen LogP contribution in [-0.4, -0.2) is 0 Å². The highest BCUT2D eigenvalue weighted by atomic mass is 32.1. The van der Waals surface area contributed by atoms with Crippen LogP contribution in [0.15, 0.2) is 41.8 Å². The fourth-order valence-corrected chi connectivity index (χ4v) is 3.44. The van der Waals surface area contributed by atoms with Crippen LogP contribution in [0.5, 0.6) is 0 Å². The largest absolute Gasteiger partial charge is 0.207 e. The van der Waals surface area contributed by atoms with E-state index in [1.807, 2.05) is 6.07 Å². The molecule has 1 aromatic heterocycles. The van der Waals surface area contributed by atoms with E-state index >= 15 is 0 Å². The number of fused-ring (bicyclic) bond motifs is 4. The van der Waals surface area contributed by atoms with E-state index in [0.29, 0.717) is 0 Å². The van der Waals surface area contributed by atoms with Gasteiger partial charge in [-0.3, -0.25) is 0 Å². The Balaban J connectivity index is 2.04. The van der Waals surface area contributed by atoms with Crippen LogP contribution in [0.3, 0.4) is 0 Å². The molecule has 0 fully saturated rings. The molecule has 0 saturated heterocycles. The van der Waals surface area contributed by atoms with Crippen molar-refractivity contribution in [1.82, 2.24) is 0 Å². The average Bonchev–Trinajstić information content (AvgIpc) is 2.87. The van der Waals surface area contributed by atoms with Crippen molar-refractivity contribution >= 4 is 21.4 Å². The van der Waals surface area contributed by atoms with Crippen molar-refractivity contribution in [3.05, 3.63) is 58.7 Å². The molecule has 0 bridgehead atoms. The van der Waals surface area contributed by atoms with Crippen molar-refractivity contribution in [2.24, 2.45) is 0 Å². The number of hydrogen-bond donors (Lipinski definition) is 0. The first-order chi connectivity index (χ1) is 8.31. The standard InChI is InChI=1S/C15H9FS/c16-12-1-2-13-11(7-12)6-10-5-9-3-4-17-15(9)8-14(10)13/h1-5,7-8H,6H2. The van der Waals surface area contributed by atoms with Crippen molar-refractivity contribution in [2.45, 2.75) is 6.42 Å². The van der Waals surface area contributed by atoms with Crippen LogP contribution in [0, 0.1) is 5.82 Å². The summed E-state index contributed by atoms with van der Waals surface area (Å²) in [5, 5.41) is 3.41. The molecule has 0 nitrogen and oxygen atoms in total. The number of hydrogen-bond acceptors (Lipinski definition) is 1. The van der Waals surface area contributed by atoms with Gasteiger partial charge >= 0.3 is 0 Å². The van der Waals surface area contributed by atoms with Gasteiger partial charge < -0.3 is 0 Å². The molecular weight excluding hydrogens is 231 g/mol. The summed E-state index contributed by atoms with van der Waals surface area (Å²) in [6, 6.07) is 11.7. The van der Waals surface area contributed by atoms with Gasteiger partial charge in [-0.2, -0.15) is 0 Å². The Morgan fingerprint density at radius 1 is 0.941 bits per heavy atom. The highest BCUT2D eigenvalue weighted by Gasteiger charge is 2.19. The Hall–Kier alpha value is -1.67. The third-order valence-corrected chi connectivity index (χ3v) is 4.30. The molecule has 82 valence electrons. The topological polar surface area (TPSA) is 0 Å². The second-order valence-electron chi connectivity index (χ2n) is 4.45. The maximum atomic E-state index is 13.2. The van der Waals surface area contributed by atoms with Crippen molar-refractivity contribution in [3.63, 3.8) is 0 Å². The zero-order valence-corrected chi connectivity index (χ0v) is 9.85. The lowest BCUT2D eigenvalue weighted by Gasteiger charge is -2.01. The number of rotatable bonds is 0. The van der Waals surface area contributed by atoms with Gasteiger partial charge in [0.15, 0.2) is 0 Å². The molecule has 0 spiro atoms. The molecule has 2 heteroatoms. The Bertz CT molecular complexity index is 740. The third-order valence-electron chi connectivity index (χ3n) is 3.42. The first-order valence-corrected chi connectivity index (χ1v) is 6.48. The summed E-state index contributed by atoms with van der Waals surface area (Å²) in [5.74, 6) is -0.140. The van der Waals surface area contributed by atoms with Gasteiger partial charge in [-0.25, -0.2) is 4.39 Å². The predicted molar refractivity (Wildman–Crippen MR) is 70.0 cm³/mol. The van der Waals surface area contributed by atoms with Crippen LogP contribution in [0.4, 0.5) is 4.39 Å². The van der Waals surface area contributed by atoms with Crippen molar-refractivity contribution < 1.29 is 4.39 Å². The summed E-state index contributed by atoms with van der Waals surface area (Å²) in [5.41, 5.74) is 4.89. The number of thiophene rings is 1. The first-order valence-electron chi connectivity index (χ1n) is 5.60.